The highest BCUT2D eigenvalue weighted by Gasteiger charge is 2.25. The standard InChI is InChI=1S/C12H14N2O/c1-9(2)14-12(8-15)11-6-4-3-5-10(11)7-13-14/h3-9,12H,1-2H3. The van der Waals surface area contributed by atoms with Gasteiger partial charge in [-0.05, 0) is 19.4 Å². The van der Waals surface area contributed by atoms with E-state index in [1.165, 1.54) is 0 Å². The van der Waals surface area contributed by atoms with Gasteiger partial charge < -0.3 is 4.79 Å². The van der Waals surface area contributed by atoms with E-state index in [0.29, 0.717) is 0 Å². The summed E-state index contributed by atoms with van der Waals surface area (Å²) in [5.74, 6) is 0. The zero-order chi connectivity index (χ0) is 10.8. The Kier molecular flexibility index (Phi) is 2.54. The van der Waals surface area contributed by atoms with Crippen LogP contribution in [0.1, 0.15) is 31.0 Å². The molecule has 0 amide bonds. The quantitative estimate of drug-likeness (QED) is 0.687. The van der Waals surface area contributed by atoms with Crippen molar-refractivity contribution in [3.63, 3.8) is 0 Å². The first-order valence-corrected chi connectivity index (χ1v) is 5.10. The molecule has 0 radical (unpaired) electrons. The van der Waals surface area contributed by atoms with E-state index >= 15 is 0 Å². The molecule has 1 aromatic rings. The molecule has 0 aromatic heterocycles. The van der Waals surface area contributed by atoms with Crippen LogP contribution in [-0.4, -0.2) is 23.6 Å². The molecule has 0 N–H and O–H groups in total. The molecule has 0 bridgehead atoms. The van der Waals surface area contributed by atoms with Crippen molar-refractivity contribution in [3.05, 3.63) is 35.4 Å². The van der Waals surface area contributed by atoms with Crippen LogP contribution in [0.15, 0.2) is 29.4 Å². The van der Waals surface area contributed by atoms with Crippen molar-refractivity contribution in [3.8, 4) is 0 Å². The number of fused-ring (bicyclic) bond motifs is 1. The second kappa shape index (κ2) is 3.85. The summed E-state index contributed by atoms with van der Waals surface area (Å²) >= 11 is 0. The normalized spacial score (nSPS) is 19.1. The lowest BCUT2D eigenvalue weighted by Gasteiger charge is -2.32. The number of aldehydes is 1. The number of rotatable bonds is 2. The topological polar surface area (TPSA) is 32.7 Å². The number of hydrogen-bond donors (Lipinski definition) is 0. The summed E-state index contributed by atoms with van der Waals surface area (Å²) < 4.78 is 0. The van der Waals surface area contributed by atoms with Crippen molar-refractivity contribution in [2.24, 2.45) is 5.10 Å². The summed E-state index contributed by atoms with van der Waals surface area (Å²) in [6.45, 7) is 4.06. The number of nitrogens with zero attached hydrogens (tertiary/aromatic N) is 2. The lowest BCUT2D eigenvalue weighted by molar-refractivity contribution is -0.113. The van der Waals surface area contributed by atoms with E-state index < -0.39 is 0 Å². The largest absolute Gasteiger partial charge is 0.301 e. The Morgan fingerprint density at radius 1 is 1.40 bits per heavy atom. The first-order valence-electron chi connectivity index (χ1n) is 5.10. The van der Waals surface area contributed by atoms with Gasteiger partial charge >= 0.3 is 0 Å². The molecule has 1 heterocycles. The Balaban J connectivity index is 2.46. The van der Waals surface area contributed by atoms with Crippen molar-refractivity contribution < 1.29 is 4.79 Å². The molecule has 1 unspecified atom stereocenters. The number of benzene rings is 1. The summed E-state index contributed by atoms with van der Waals surface area (Å²) in [4.78, 5) is 11.1. The smallest absolute Gasteiger partial charge is 0.148 e. The van der Waals surface area contributed by atoms with Gasteiger partial charge in [0.15, 0.2) is 0 Å². The van der Waals surface area contributed by atoms with E-state index in [4.69, 9.17) is 0 Å². The molecule has 0 aliphatic carbocycles. The molecule has 1 aliphatic rings. The van der Waals surface area contributed by atoms with Crippen molar-refractivity contribution in [1.29, 1.82) is 0 Å². The second-order valence-electron chi connectivity index (χ2n) is 3.93. The molecule has 78 valence electrons. The Morgan fingerprint density at radius 3 is 2.80 bits per heavy atom. The molecule has 0 fully saturated rings. The second-order valence-corrected chi connectivity index (χ2v) is 3.93. The molecule has 3 heteroatoms. The van der Waals surface area contributed by atoms with Crippen molar-refractivity contribution in [2.45, 2.75) is 25.9 Å². The van der Waals surface area contributed by atoms with Crippen LogP contribution in [0, 0.1) is 0 Å². The molecular formula is C12H14N2O. The van der Waals surface area contributed by atoms with Crippen molar-refractivity contribution >= 4 is 12.5 Å². The van der Waals surface area contributed by atoms with E-state index in [0.717, 1.165) is 17.4 Å². The van der Waals surface area contributed by atoms with Gasteiger partial charge in [0, 0.05) is 11.6 Å². The van der Waals surface area contributed by atoms with Crippen LogP contribution in [0.25, 0.3) is 0 Å². The fourth-order valence-corrected chi connectivity index (χ4v) is 1.83. The number of carbonyl (C=O) groups is 1. The van der Waals surface area contributed by atoms with E-state index in [9.17, 15) is 4.79 Å². The van der Waals surface area contributed by atoms with Crippen LogP contribution in [0.2, 0.25) is 0 Å². The summed E-state index contributed by atoms with van der Waals surface area (Å²) in [5.41, 5.74) is 2.07. The Hall–Kier alpha value is -1.64. The first kappa shape index (κ1) is 9.90. The number of hydrazone groups is 1. The molecule has 0 saturated carbocycles. The summed E-state index contributed by atoms with van der Waals surface area (Å²) in [5, 5.41) is 6.13. The van der Waals surface area contributed by atoms with Crippen LogP contribution in [0.3, 0.4) is 0 Å². The highest BCUT2D eigenvalue weighted by molar-refractivity contribution is 5.85. The molecule has 0 spiro atoms. The predicted octanol–water partition coefficient (Wildman–Crippen LogP) is 1.98. The predicted molar refractivity (Wildman–Crippen MR) is 59.8 cm³/mol. The third-order valence-electron chi connectivity index (χ3n) is 2.59. The SMILES string of the molecule is CC(C)N1N=Cc2ccccc2C1C=O. The zero-order valence-corrected chi connectivity index (χ0v) is 8.92. The van der Waals surface area contributed by atoms with Gasteiger partial charge in [0.25, 0.3) is 0 Å². The van der Waals surface area contributed by atoms with Crippen molar-refractivity contribution in [2.75, 3.05) is 0 Å². The maximum Gasteiger partial charge on any atom is 0.148 e. The fraction of sp³-hybridized carbons (Fsp3) is 0.333. The fourth-order valence-electron chi connectivity index (χ4n) is 1.83. The lowest BCUT2D eigenvalue weighted by Crippen LogP contribution is -2.34. The molecule has 0 saturated heterocycles. The van der Waals surface area contributed by atoms with Gasteiger partial charge in [-0.3, -0.25) is 5.01 Å². The maximum absolute atomic E-state index is 11.1. The van der Waals surface area contributed by atoms with Crippen LogP contribution < -0.4 is 0 Å². The van der Waals surface area contributed by atoms with E-state index in [1.54, 1.807) is 0 Å². The zero-order valence-electron chi connectivity index (χ0n) is 8.92. The Bertz CT molecular complexity index is 398. The van der Waals surface area contributed by atoms with Gasteiger partial charge in [0.05, 0.1) is 6.21 Å². The maximum atomic E-state index is 11.1. The summed E-state index contributed by atoms with van der Waals surface area (Å²) in [6, 6.07) is 7.85. The molecule has 1 aliphatic heterocycles. The third-order valence-corrected chi connectivity index (χ3v) is 2.59. The molecule has 3 nitrogen and oxygen atoms in total. The monoisotopic (exact) mass is 202 g/mol. The molecule has 15 heavy (non-hydrogen) atoms. The molecular weight excluding hydrogens is 188 g/mol. The van der Waals surface area contributed by atoms with Crippen LogP contribution in [0.5, 0.6) is 0 Å². The van der Waals surface area contributed by atoms with E-state index in [2.05, 4.69) is 5.10 Å². The Labute approximate surface area is 89.4 Å². The van der Waals surface area contributed by atoms with Crippen LogP contribution in [-0.2, 0) is 4.79 Å². The van der Waals surface area contributed by atoms with Crippen molar-refractivity contribution in [1.82, 2.24) is 5.01 Å². The highest BCUT2D eigenvalue weighted by Crippen LogP contribution is 2.27. The van der Waals surface area contributed by atoms with Crippen LogP contribution in [0.4, 0.5) is 0 Å². The van der Waals surface area contributed by atoms with Gasteiger partial charge in [-0.25, -0.2) is 0 Å². The van der Waals surface area contributed by atoms with Crippen LogP contribution >= 0.6 is 0 Å². The van der Waals surface area contributed by atoms with Gasteiger partial charge in [-0.2, -0.15) is 5.10 Å². The minimum atomic E-state index is -0.244. The average Bonchev–Trinajstić information content (AvgIpc) is 2.27. The summed E-state index contributed by atoms with van der Waals surface area (Å²) in [6.07, 6.45) is 2.77. The Morgan fingerprint density at radius 2 is 2.13 bits per heavy atom. The minimum absolute atomic E-state index is 0.227. The third kappa shape index (κ3) is 1.65. The molecule has 1 aromatic carbocycles. The average molecular weight is 202 g/mol. The van der Waals surface area contributed by atoms with Gasteiger partial charge in [-0.1, -0.05) is 24.3 Å². The first-order chi connectivity index (χ1) is 7.24. The highest BCUT2D eigenvalue weighted by atomic mass is 16.1. The number of carbonyl (C=O) groups excluding carboxylic acids is 1. The van der Waals surface area contributed by atoms with E-state index in [1.807, 2.05) is 49.3 Å². The molecule has 1 atom stereocenters. The summed E-state index contributed by atoms with van der Waals surface area (Å²) in [7, 11) is 0. The van der Waals surface area contributed by atoms with E-state index in [-0.39, 0.29) is 12.1 Å². The van der Waals surface area contributed by atoms with Gasteiger partial charge in [0.1, 0.15) is 12.3 Å². The minimum Gasteiger partial charge on any atom is -0.301 e. The lowest BCUT2D eigenvalue weighted by atomic mass is 9.99. The van der Waals surface area contributed by atoms with Gasteiger partial charge in [-0.15, -0.1) is 0 Å². The molecule has 2 rings (SSSR count). The van der Waals surface area contributed by atoms with Gasteiger partial charge in [0.2, 0.25) is 0 Å². The number of hydrogen-bond acceptors (Lipinski definition) is 3.